The van der Waals surface area contributed by atoms with Crippen LogP contribution in [0.4, 0.5) is 26.7 Å². The summed E-state index contributed by atoms with van der Waals surface area (Å²) in [6.07, 6.45) is -2.95. The van der Waals surface area contributed by atoms with E-state index >= 15 is 0 Å². The number of aromatic nitrogens is 1. The van der Waals surface area contributed by atoms with E-state index in [9.17, 15) is 49.5 Å². The SMILES string of the molecule is COc1cc2cc(F)ccc2c(O[C@@H]2C[C@H]3C(=O)N[C@]4(C(=O)NS(=O)(=O)C5(CF)CC5)CC4/C=C\CC[C@H](C)C[C@@H](C)[C@H](NC(=O)OC(C)(C)C(F)(F)F)C(=O)N3C2)n1. The molecule has 2 saturated carbocycles. The number of sulfonamides is 1. The normalized spacial score (nSPS) is 29.2. The van der Waals surface area contributed by atoms with E-state index in [0.29, 0.717) is 43.9 Å². The molecule has 3 fully saturated rings. The molecule has 1 aromatic heterocycles. The van der Waals surface area contributed by atoms with Crippen LogP contribution in [0.1, 0.15) is 72.6 Å². The topological polar surface area (TPSA) is 182 Å². The quantitative estimate of drug-likeness (QED) is 0.229. The molecule has 324 valence electrons. The summed E-state index contributed by atoms with van der Waals surface area (Å²) in [5, 5.41) is 5.72. The summed E-state index contributed by atoms with van der Waals surface area (Å²) in [7, 11) is -3.15. The molecule has 14 nitrogen and oxygen atoms in total. The molecule has 1 saturated heterocycles. The molecule has 3 N–H and O–H groups in total. The number of alkyl carbamates (subject to hydrolysis) is 1. The molecule has 1 aromatic carbocycles. The van der Waals surface area contributed by atoms with Crippen LogP contribution in [0.5, 0.6) is 11.8 Å². The zero-order valence-electron chi connectivity index (χ0n) is 33.2. The van der Waals surface area contributed by atoms with Crippen molar-refractivity contribution in [2.24, 2.45) is 17.8 Å². The molecule has 2 aliphatic carbocycles. The number of nitrogens with one attached hydrogen (secondary N) is 3. The highest BCUT2D eigenvalue weighted by molar-refractivity contribution is 7.91. The molecule has 0 bridgehead atoms. The number of fused-ring (bicyclic) bond motifs is 3. The molecule has 2 aliphatic heterocycles. The second kappa shape index (κ2) is 16.0. The first kappa shape index (κ1) is 43.8. The first-order chi connectivity index (χ1) is 27.5. The van der Waals surface area contributed by atoms with E-state index in [1.54, 1.807) is 19.1 Å². The third-order valence-electron chi connectivity index (χ3n) is 11.8. The van der Waals surface area contributed by atoms with Gasteiger partial charge < -0.3 is 29.7 Å². The van der Waals surface area contributed by atoms with Crippen LogP contribution in [0.2, 0.25) is 0 Å². The van der Waals surface area contributed by atoms with E-state index in [1.807, 2.05) is 11.6 Å². The zero-order valence-corrected chi connectivity index (χ0v) is 34.0. The van der Waals surface area contributed by atoms with Crippen molar-refractivity contribution in [3.05, 3.63) is 42.2 Å². The summed E-state index contributed by atoms with van der Waals surface area (Å²) in [4.78, 5) is 61.7. The Hall–Kier alpha value is -4.75. The molecule has 4 amide bonds. The molecular formula is C39H48F5N5O9S. The maximum absolute atomic E-state index is 14.7. The van der Waals surface area contributed by atoms with E-state index in [1.165, 1.54) is 31.4 Å². The average Bonchev–Trinajstić information content (AvgIpc) is 4.05. The van der Waals surface area contributed by atoms with Crippen molar-refractivity contribution in [3.8, 4) is 11.8 Å². The molecular weight excluding hydrogens is 810 g/mol. The van der Waals surface area contributed by atoms with Crippen LogP contribution in [-0.4, -0.2) is 103 Å². The van der Waals surface area contributed by atoms with Gasteiger partial charge in [-0.2, -0.15) is 18.2 Å². The molecule has 6 rings (SSSR count). The predicted molar refractivity (Wildman–Crippen MR) is 202 cm³/mol. The maximum Gasteiger partial charge on any atom is 0.427 e. The highest BCUT2D eigenvalue weighted by Gasteiger charge is 2.64. The van der Waals surface area contributed by atoms with Crippen molar-refractivity contribution in [2.45, 2.75) is 113 Å². The Kier molecular flexibility index (Phi) is 11.9. The Morgan fingerprint density at radius 3 is 2.46 bits per heavy atom. The fourth-order valence-electron chi connectivity index (χ4n) is 7.72. The number of halogens is 5. The summed E-state index contributed by atoms with van der Waals surface area (Å²) in [5.74, 6) is -4.87. The first-order valence-corrected chi connectivity index (χ1v) is 20.8. The van der Waals surface area contributed by atoms with Gasteiger partial charge in [0.25, 0.3) is 5.91 Å². The van der Waals surface area contributed by atoms with E-state index in [0.717, 1.165) is 4.90 Å². The lowest BCUT2D eigenvalue weighted by atomic mass is 9.88. The van der Waals surface area contributed by atoms with Gasteiger partial charge in [0.15, 0.2) is 0 Å². The molecule has 3 heterocycles. The molecule has 0 spiro atoms. The van der Waals surface area contributed by atoms with Gasteiger partial charge in [-0.15, -0.1) is 0 Å². The van der Waals surface area contributed by atoms with Crippen LogP contribution >= 0.6 is 0 Å². The predicted octanol–water partition coefficient (Wildman–Crippen LogP) is 5.00. The summed E-state index contributed by atoms with van der Waals surface area (Å²) < 4.78 is 112. The van der Waals surface area contributed by atoms with Crippen molar-refractivity contribution in [3.63, 3.8) is 0 Å². The molecule has 1 unspecified atom stereocenters. The van der Waals surface area contributed by atoms with Crippen LogP contribution in [0, 0.1) is 23.6 Å². The zero-order chi connectivity index (χ0) is 43.3. The second-order valence-electron chi connectivity index (χ2n) is 16.7. The van der Waals surface area contributed by atoms with Crippen molar-refractivity contribution in [2.75, 3.05) is 20.3 Å². The number of alkyl halides is 4. The van der Waals surface area contributed by atoms with Gasteiger partial charge in [0.2, 0.25) is 39.2 Å². The Morgan fingerprint density at radius 2 is 1.81 bits per heavy atom. The van der Waals surface area contributed by atoms with Gasteiger partial charge in [-0.05, 0) is 87.8 Å². The average molecular weight is 858 g/mol. The summed E-state index contributed by atoms with van der Waals surface area (Å²) in [5.41, 5.74) is -4.74. The fraction of sp³-hybridized carbons (Fsp3) is 0.615. The number of carbonyl (C=O) groups excluding carboxylic acids is 4. The number of ether oxygens (including phenoxy) is 3. The van der Waals surface area contributed by atoms with Crippen LogP contribution in [0.15, 0.2) is 36.4 Å². The van der Waals surface area contributed by atoms with Crippen molar-refractivity contribution >= 4 is 44.6 Å². The minimum atomic E-state index is -4.95. The minimum Gasteiger partial charge on any atom is -0.481 e. The standard InChI is InChI=1S/C39H48F5N5O9S/c1-21-8-6-7-9-24-18-38(24,34(52)48-59(54,55)37(20-40)12-13-37)47-31(50)28-17-26(57-32-27-11-10-25(41)15-23(27)16-29(45-32)56-5)19-49(28)33(51)30(22(2)14-21)46-35(53)58-36(3,4)39(42,43)44/h7,9-11,15-16,21-22,24,26,28,30H,6,8,12-14,17-20H2,1-5H3,(H,46,53)(H,47,50)(H,48,52)/b9-7-/t21-,22+,24?,26+,28-,30-,38+/m0/s1. The molecule has 7 atom stereocenters. The molecule has 2 aromatic rings. The number of methoxy groups -OCH3 is 1. The second-order valence-corrected chi connectivity index (χ2v) is 18.8. The van der Waals surface area contributed by atoms with Crippen LogP contribution < -0.4 is 24.8 Å². The number of pyridine rings is 1. The van der Waals surface area contributed by atoms with E-state index in [4.69, 9.17) is 14.2 Å². The van der Waals surface area contributed by atoms with Gasteiger partial charge in [0, 0.05) is 23.8 Å². The Labute approximate surface area is 338 Å². The smallest absolute Gasteiger partial charge is 0.427 e. The lowest BCUT2D eigenvalue weighted by molar-refractivity contribution is -0.244. The molecule has 4 aliphatic rings. The molecule has 0 radical (unpaired) electrons. The van der Waals surface area contributed by atoms with Gasteiger partial charge in [-0.3, -0.25) is 19.1 Å². The van der Waals surface area contributed by atoms with Crippen molar-refractivity contribution in [1.29, 1.82) is 0 Å². The Bertz CT molecular complexity index is 2130. The molecule has 20 heteroatoms. The van der Waals surface area contributed by atoms with Gasteiger partial charge >= 0.3 is 12.3 Å². The van der Waals surface area contributed by atoms with Gasteiger partial charge in [-0.25, -0.2) is 22.0 Å². The summed E-state index contributed by atoms with van der Waals surface area (Å²) >= 11 is 0. The van der Waals surface area contributed by atoms with Gasteiger partial charge in [0.05, 0.1) is 13.7 Å². The highest BCUT2D eigenvalue weighted by atomic mass is 32.2. The summed E-state index contributed by atoms with van der Waals surface area (Å²) in [6.45, 7) is 3.28. The number of nitrogens with zero attached hydrogens (tertiary/aromatic N) is 2. The largest absolute Gasteiger partial charge is 0.481 e. The van der Waals surface area contributed by atoms with Crippen molar-refractivity contribution < 1.29 is 63.8 Å². The number of carbonyl (C=O) groups is 4. The minimum absolute atomic E-state index is 0.00869. The van der Waals surface area contributed by atoms with Gasteiger partial charge in [-0.1, -0.05) is 26.0 Å². The van der Waals surface area contributed by atoms with Crippen LogP contribution in [0.25, 0.3) is 10.8 Å². The number of hydrogen-bond acceptors (Lipinski definition) is 10. The fourth-order valence-corrected chi connectivity index (χ4v) is 9.15. The number of hydrogen-bond donors (Lipinski definition) is 3. The third-order valence-corrected chi connectivity index (χ3v) is 13.9. The summed E-state index contributed by atoms with van der Waals surface area (Å²) in [6, 6.07) is 2.33. The van der Waals surface area contributed by atoms with E-state index < -0.39 is 98.4 Å². The van der Waals surface area contributed by atoms with Crippen LogP contribution in [-0.2, 0) is 29.1 Å². The Balaban J connectivity index is 1.37. The molecule has 59 heavy (non-hydrogen) atoms. The number of rotatable bonds is 9. The van der Waals surface area contributed by atoms with E-state index in [2.05, 4.69) is 15.6 Å². The van der Waals surface area contributed by atoms with Gasteiger partial charge in [0.1, 0.15) is 41.0 Å². The number of amides is 4. The first-order valence-electron chi connectivity index (χ1n) is 19.3. The van der Waals surface area contributed by atoms with E-state index in [-0.39, 0.29) is 49.9 Å². The number of allylic oxidation sites excluding steroid dienone is 1. The number of benzene rings is 1. The van der Waals surface area contributed by atoms with Crippen LogP contribution in [0.3, 0.4) is 0 Å². The Morgan fingerprint density at radius 1 is 1.10 bits per heavy atom. The highest BCUT2D eigenvalue weighted by Crippen LogP contribution is 2.48. The third kappa shape index (κ3) is 8.92. The lowest BCUT2D eigenvalue weighted by Gasteiger charge is -2.34. The maximum atomic E-state index is 14.7. The monoisotopic (exact) mass is 857 g/mol. The lowest BCUT2D eigenvalue weighted by Crippen LogP contribution is -2.60. The van der Waals surface area contributed by atoms with Crippen molar-refractivity contribution in [1.82, 2.24) is 25.2 Å².